The third-order valence-electron chi connectivity index (χ3n) is 3.24. The molecule has 0 saturated heterocycles. The van der Waals surface area contributed by atoms with E-state index < -0.39 is 0 Å². The summed E-state index contributed by atoms with van der Waals surface area (Å²) < 4.78 is 1.24. The fourth-order valence-corrected chi connectivity index (χ4v) is 2.78. The molecule has 2 heteroatoms. The molecule has 0 saturated carbocycles. The van der Waals surface area contributed by atoms with Crippen LogP contribution in [0.1, 0.15) is 5.56 Å². The topological polar surface area (TPSA) is 26.0 Å². The average molecular weight is 358 g/mol. The summed E-state index contributed by atoms with van der Waals surface area (Å²) in [6, 6.07) is 22.4. The van der Waals surface area contributed by atoms with E-state index in [4.69, 9.17) is 5.73 Å². The highest BCUT2D eigenvalue weighted by Gasteiger charge is 2.04. The first kappa shape index (κ1) is 12.6. The van der Waals surface area contributed by atoms with Crippen molar-refractivity contribution in [2.45, 2.75) is 6.54 Å². The molecule has 1 nitrogen and oxygen atoms in total. The average Bonchev–Trinajstić information content (AvgIpc) is 2.46. The van der Waals surface area contributed by atoms with Gasteiger partial charge in [-0.05, 0) is 68.3 Å². The summed E-state index contributed by atoms with van der Waals surface area (Å²) >= 11 is 2.33. The Kier molecular flexibility index (Phi) is 3.53. The molecule has 0 bridgehead atoms. The second kappa shape index (κ2) is 5.31. The molecule has 0 spiro atoms. The molecule has 3 aromatic rings. The standard InChI is InChI=1S/C17H13IN/c18-16-8-7-12-9-14(6-5-13(12)10-16)17-4-2-1-3-15(17)11-19/h1-8,10H,11,19H2. The Morgan fingerprint density at radius 2 is 1.84 bits per heavy atom. The van der Waals surface area contributed by atoms with E-state index >= 15 is 0 Å². The molecular formula is C17H13IN. The summed E-state index contributed by atoms with van der Waals surface area (Å²) in [6.45, 7) is 0.550. The zero-order chi connectivity index (χ0) is 13.2. The third-order valence-corrected chi connectivity index (χ3v) is 3.91. The maximum Gasteiger partial charge on any atom is 0.0184 e. The molecule has 93 valence electrons. The summed E-state index contributed by atoms with van der Waals surface area (Å²) in [4.78, 5) is 0. The predicted octanol–water partition coefficient (Wildman–Crippen LogP) is 4.37. The largest absolute Gasteiger partial charge is 0.326 e. The molecule has 0 amide bonds. The summed E-state index contributed by atoms with van der Waals surface area (Å²) in [7, 11) is 0. The molecule has 0 heterocycles. The van der Waals surface area contributed by atoms with E-state index in [1.54, 1.807) is 0 Å². The molecule has 0 aromatic heterocycles. The van der Waals surface area contributed by atoms with Crippen LogP contribution in [0.3, 0.4) is 0 Å². The van der Waals surface area contributed by atoms with Crippen LogP contribution in [-0.4, -0.2) is 0 Å². The minimum Gasteiger partial charge on any atom is -0.326 e. The van der Waals surface area contributed by atoms with Crippen LogP contribution in [0.4, 0.5) is 0 Å². The van der Waals surface area contributed by atoms with Crippen molar-refractivity contribution in [3.63, 3.8) is 0 Å². The van der Waals surface area contributed by atoms with Gasteiger partial charge in [0.25, 0.3) is 0 Å². The van der Waals surface area contributed by atoms with E-state index in [0.29, 0.717) is 6.54 Å². The van der Waals surface area contributed by atoms with Gasteiger partial charge in [-0.3, -0.25) is 0 Å². The van der Waals surface area contributed by atoms with E-state index in [1.807, 2.05) is 12.1 Å². The zero-order valence-electron chi connectivity index (χ0n) is 10.4. The molecule has 0 atom stereocenters. The van der Waals surface area contributed by atoms with Gasteiger partial charge in [-0.15, -0.1) is 0 Å². The molecule has 0 aliphatic heterocycles. The molecule has 2 N–H and O–H groups in total. The smallest absolute Gasteiger partial charge is 0.0184 e. The van der Waals surface area contributed by atoms with Crippen molar-refractivity contribution in [2.75, 3.05) is 0 Å². The Hall–Kier alpha value is -1.39. The van der Waals surface area contributed by atoms with Crippen molar-refractivity contribution in [3.8, 4) is 11.1 Å². The Bertz CT molecular complexity index is 734. The lowest BCUT2D eigenvalue weighted by Gasteiger charge is -2.08. The summed E-state index contributed by atoms with van der Waals surface area (Å²) in [5.41, 5.74) is 9.24. The Morgan fingerprint density at radius 1 is 1.00 bits per heavy atom. The van der Waals surface area contributed by atoms with Gasteiger partial charge in [-0.2, -0.15) is 0 Å². The van der Waals surface area contributed by atoms with Crippen LogP contribution in [0, 0.1) is 9.64 Å². The quantitative estimate of drug-likeness (QED) is 0.677. The summed E-state index contributed by atoms with van der Waals surface area (Å²) in [5, 5.41) is 2.37. The lowest BCUT2D eigenvalue weighted by Crippen LogP contribution is -1.98. The molecule has 19 heavy (non-hydrogen) atoms. The maximum atomic E-state index is 5.81. The number of hydrogen-bond donors (Lipinski definition) is 1. The minimum atomic E-state index is 0.550. The minimum absolute atomic E-state index is 0.550. The lowest BCUT2D eigenvalue weighted by atomic mass is 9.97. The van der Waals surface area contributed by atoms with Gasteiger partial charge in [-0.25, -0.2) is 0 Å². The number of fused-ring (bicyclic) bond motifs is 1. The number of rotatable bonds is 2. The first-order chi connectivity index (χ1) is 9.28. The molecular weight excluding hydrogens is 345 g/mol. The van der Waals surface area contributed by atoms with Gasteiger partial charge in [0.05, 0.1) is 0 Å². The Labute approximate surface area is 126 Å². The zero-order valence-corrected chi connectivity index (χ0v) is 12.5. The SMILES string of the molecule is NCc1ccccc1-c1[c]c2ccc(I)cc2cc1. The number of nitrogens with two attached hydrogens (primary N) is 1. The monoisotopic (exact) mass is 358 g/mol. The molecule has 0 unspecified atom stereocenters. The molecule has 0 aliphatic rings. The second-order valence-corrected chi connectivity index (χ2v) is 5.71. The molecule has 0 aliphatic carbocycles. The van der Waals surface area contributed by atoms with Crippen LogP contribution in [0.5, 0.6) is 0 Å². The highest BCUT2D eigenvalue weighted by Crippen LogP contribution is 2.27. The van der Waals surface area contributed by atoms with Gasteiger partial charge < -0.3 is 5.73 Å². The van der Waals surface area contributed by atoms with Gasteiger partial charge >= 0.3 is 0 Å². The van der Waals surface area contributed by atoms with Gasteiger partial charge in [0.2, 0.25) is 0 Å². The first-order valence-corrected chi connectivity index (χ1v) is 7.26. The first-order valence-electron chi connectivity index (χ1n) is 6.18. The number of halogens is 1. The van der Waals surface area contributed by atoms with Crippen molar-refractivity contribution in [3.05, 3.63) is 69.8 Å². The van der Waals surface area contributed by atoms with Crippen LogP contribution < -0.4 is 5.73 Å². The van der Waals surface area contributed by atoms with Crippen LogP contribution in [-0.2, 0) is 6.54 Å². The van der Waals surface area contributed by atoms with E-state index in [0.717, 1.165) is 16.5 Å². The normalized spacial score (nSPS) is 10.8. The summed E-state index contributed by atoms with van der Waals surface area (Å²) in [5.74, 6) is 0. The maximum absolute atomic E-state index is 5.81. The lowest BCUT2D eigenvalue weighted by molar-refractivity contribution is 1.07. The molecule has 1 radical (unpaired) electrons. The van der Waals surface area contributed by atoms with Gasteiger partial charge in [0.15, 0.2) is 0 Å². The van der Waals surface area contributed by atoms with Crippen LogP contribution in [0.2, 0.25) is 0 Å². The van der Waals surface area contributed by atoms with E-state index in [-0.39, 0.29) is 0 Å². The van der Waals surface area contributed by atoms with E-state index in [1.165, 1.54) is 14.5 Å². The Balaban J connectivity index is 2.18. The molecule has 0 fully saturated rings. The summed E-state index contributed by atoms with van der Waals surface area (Å²) in [6.07, 6.45) is 0. The van der Waals surface area contributed by atoms with Crippen molar-refractivity contribution in [2.24, 2.45) is 5.73 Å². The van der Waals surface area contributed by atoms with Gasteiger partial charge in [-0.1, -0.05) is 42.5 Å². The van der Waals surface area contributed by atoms with E-state index in [2.05, 4.69) is 71.1 Å². The second-order valence-electron chi connectivity index (χ2n) is 4.46. The van der Waals surface area contributed by atoms with Gasteiger partial charge in [0.1, 0.15) is 0 Å². The molecule has 3 rings (SSSR count). The van der Waals surface area contributed by atoms with Gasteiger partial charge in [0, 0.05) is 10.1 Å². The molecule has 3 aromatic carbocycles. The van der Waals surface area contributed by atoms with Crippen molar-refractivity contribution < 1.29 is 0 Å². The number of benzene rings is 3. The van der Waals surface area contributed by atoms with Crippen LogP contribution >= 0.6 is 22.6 Å². The third kappa shape index (κ3) is 2.51. The Morgan fingerprint density at radius 3 is 2.68 bits per heavy atom. The predicted molar refractivity (Wildman–Crippen MR) is 88.8 cm³/mol. The van der Waals surface area contributed by atoms with Crippen LogP contribution in [0.15, 0.2) is 54.6 Å². The van der Waals surface area contributed by atoms with Crippen molar-refractivity contribution >= 4 is 33.4 Å². The van der Waals surface area contributed by atoms with E-state index in [9.17, 15) is 0 Å². The fraction of sp³-hybridized carbons (Fsp3) is 0.0588. The fourth-order valence-electron chi connectivity index (χ4n) is 2.26. The van der Waals surface area contributed by atoms with Crippen LogP contribution in [0.25, 0.3) is 21.9 Å². The van der Waals surface area contributed by atoms with Crippen molar-refractivity contribution in [1.82, 2.24) is 0 Å². The number of hydrogen-bond acceptors (Lipinski definition) is 1. The highest BCUT2D eigenvalue weighted by molar-refractivity contribution is 14.1. The highest BCUT2D eigenvalue weighted by atomic mass is 127. The van der Waals surface area contributed by atoms with Crippen molar-refractivity contribution in [1.29, 1.82) is 0 Å².